The van der Waals surface area contributed by atoms with E-state index < -0.39 is 32.7 Å². The van der Waals surface area contributed by atoms with Crippen LogP contribution in [0.4, 0.5) is 8.78 Å². The quantitative estimate of drug-likeness (QED) is 0.705. The average Bonchev–Trinajstić information content (AvgIpc) is 2.68. The summed E-state index contributed by atoms with van der Waals surface area (Å²) >= 11 is 0. The van der Waals surface area contributed by atoms with Gasteiger partial charge in [-0.25, -0.2) is 17.2 Å². The average molecular weight is 395 g/mol. The van der Waals surface area contributed by atoms with Crippen LogP contribution in [0.2, 0.25) is 0 Å². The van der Waals surface area contributed by atoms with Crippen molar-refractivity contribution in [2.45, 2.75) is 11.7 Å². The standard InChI is InChI=1S/C19H19F2NO4S/c20-16-5-1-14(2-6-16)13-18(19(23)15-3-7-17(21)8-4-15)27(24,25)22-9-11-26-12-10-22/h1-8,18H,9-13H2. The number of rotatable bonds is 6. The molecule has 1 aliphatic heterocycles. The van der Waals surface area contributed by atoms with E-state index in [2.05, 4.69) is 0 Å². The second-order valence-corrected chi connectivity index (χ2v) is 8.36. The molecule has 0 saturated carbocycles. The largest absolute Gasteiger partial charge is 0.379 e. The van der Waals surface area contributed by atoms with Crippen molar-refractivity contribution in [2.24, 2.45) is 0 Å². The molecule has 2 aromatic carbocycles. The minimum Gasteiger partial charge on any atom is -0.379 e. The molecule has 1 heterocycles. The number of morpholine rings is 1. The molecule has 3 rings (SSSR count). The first-order valence-corrected chi connectivity index (χ1v) is 9.99. The summed E-state index contributed by atoms with van der Waals surface area (Å²) in [5.74, 6) is -1.58. The van der Waals surface area contributed by atoms with Crippen LogP contribution >= 0.6 is 0 Å². The van der Waals surface area contributed by atoms with Crippen molar-refractivity contribution in [3.8, 4) is 0 Å². The van der Waals surface area contributed by atoms with Gasteiger partial charge in [0, 0.05) is 18.7 Å². The number of halogens is 2. The fraction of sp³-hybridized carbons (Fsp3) is 0.316. The van der Waals surface area contributed by atoms with Gasteiger partial charge in [-0.05, 0) is 48.4 Å². The molecular weight excluding hydrogens is 376 g/mol. The van der Waals surface area contributed by atoms with Crippen LogP contribution in [0.25, 0.3) is 0 Å². The van der Waals surface area contributed by atoms with E-state index in [1.54, 1.807) is 0 Å². The molecule has 1 aliphatic rings. The first-order chi connectivity index (χ1) is 12.9. The van der Waals surface area contributed by atoms with Crippen LogP contribution in [0.5, 0.6) is 0 Å². The topological polar surface area (TPSA) is 63.7 Å². The number of ketones is 1. The van der Waals surface area contributed by atoms with Crippen LogP contribution < -0.4 is 0 Å². The lowest BCUT2D eigenvalue weighted by molar-refractivity contribution is 0.0720. The number of hydrogen-bond donors (Lipinski definition) is 0. The molecule has 2 aromatic rings. The van der Waals surface area contributed by atoms with Gasteiger partial charge in [-0.2, -0.15) is 4.31 Å². The molecule has 1 atom stereocenters. The summed E-state index contributed by atoms with van der Waals surface area (Å²) in [5.41, 5.74) is 0.633. The molecule has 0 spiro atoms. The van der Waals surface area contributed by atoms with Crippen LogP contribution in [-0.4, -0.2) is 50.1 Å². The molecule has 1 unspecified atom stereocenters. The van der Waals surface area contributed by atoms with Crippen molar-refractivity contribution in [1.29, 1.82) is 0 Å². The molecule has 0 bridgehead atoms. The molecule has 8 heteroatoms. The maximum Gasteiger partial charge on any atom is 0.225 e. The highest BCUT2D eigenvalue weighted by molar-refractivity contribution is 7.90. The minimum atomic E-state index is -3.97. The smallest absolute Gasteiger partial charge is 0.225 e. The van der Waals surface area contributed by atoms with Crippen molar-refractivity contribution in [3.05, 3.63) is 71.3 Å². The summed E-state index contributed by atoms with van der Waals surface area (Å²) in [4.78, 5) is 13.0. The van der Waals surface area contributed by atoms with Gasteiger partial charge in [0.1, 0.15) is 16.9 Å². The fourth-order valence-electron chi connectivity index (χ4n) is 2.95. The second-order valence-electron chi connectivity index (χ2n) is 6.25. The van der Waals surface area contributed by atoms with Crippen LogP contribution in [0.3, 0.4) is 0 Å². The van der Waals surface area contributed by atoms with E-state index >= 15 is 0 Å². The third-order valence-corrected chi connectivity index (χ3v) is 6.63. The zero-order valence-electron chi connectivity index (χ0n) is 14.5. The maximum absolute atomic E-state index is 13.2. The van der Waals surface area contributed by atoms with E-state index in [9.17, 15) is 22.0 Å². The Morgan fingerprint density at radius 3 is 2.04 bits per heavy atom. The Bertz CT molecular complexity index is 892. The third kappa shape index (κ3) is 4.58. The molecule has 0 aromatic heterocycles. The lowest BCUT2D eigenvalue weighted by Crippen LogP contribution is -2.48. The zero-order chi connectivity index (χ0) is 19.4. The van der Waals surface area contributed by atoms with Crippen molar-refractivity contribution in [3.63, 3.8) is 0 Å². The van der Waals surface area contributed by atoms with Crippen LogP contribution in [0, 0.1) is 11.6 Å². The van der Waals surface area contributed by atoms with E-state index in [4.69, 9.17) is 4.74 Å². The van der Waals surface area contributed by atoms with Gasteiger partial charge >= 0.3 is 0 Å². The summed E-state index contributed by atoms with van der Waals surface area (Å²) < 4.78 is 59.1. The zero-order valence-corrected chi connectivity index (χ0v) is 15.3. The minimum absolute atomic E-state index is 0.101. The van der Waals surface area contributed by atoms with Crippen LogP contribution in [0.1, 0.15) is 15.9 Å². The highest BCUT2D eigenvalue weighted by Gasteiger charge is 2.38. The Kier molecular flexibility index (Phi) is 5.98. The molecule has 1 fully saturated rings. The van der Waals surface area contributed by atoms with Gasteiger partial charge in [0.2, 0.25) is 10.0 Å². The molecule has 0 aliphatic carbocycles. The van der Waals surface area contributed by atoms with Gasteiger partial charge < -0.3 is 4.74 Å². The SMILES string of the molecule is O=C(c1ccc(F)cc1)C(Cc1ccc(F)cc1)S(=O)(=O)N1CCOCC1. The highest BCUT2D eigenvalue weighted by Crippen LogP contribution is 2.21. The second kappa shape index (κ2) is 8.24. The summed E-state index contributed by atoms with van der Waals surface area (Å²) in [6, 6.07) is 10.1. The number of carbonyl (C=O) groups excluding carboxylic acids is 1. The van der Waals surface area contributed by atoms with Gasteiger partial charge in [-0.1, -0.05) is 12.1 Å². The Hall–Kier alpha value is -2.16. The summed E-state index contributed by atoms with van der Waals surface area (Å²) in [5, 5.41) is -1.38. The third-order valence-electron chi connectivity index (χ3n) is 4.45. The monoisotopic (exact) mass is 395 g/mol. The van der Waals surface area contributed by atoms with Crippen LogP contribution in [-0.2, 0) is 21.2 Å². The Balaban J connectivity index is 1.95. The van der Waals surface area contributed by atoms with E-state index in [0.29, 0.717) is 5.56 Å². The molecule has 0 N–H and O–H groups in total. The van der Waals surface area contributed by atoms with Crippen LogP contribution in [0.15, 0.2) is 48.5 Å². The van der Waals surface area contributed by atoms with Crippen molar-refractivity contribution in [2.75, 3.05) is 26.3 Å². The first-order valence-electron chi connectivity index (χ1n) is 8.49. The van der Waals surface area contributed by atoms with E-state index in [1.807, 2.05) is 0 Å². The fourth-order valence-corrected chi connectivity index (χ4v) is 4.78. The molecule has 144 valence electrons. The Morgan fingerprint density at radius 1 is 0.963 bits per heavy atom. The lowest BCUT2D eigenvalue weighted by atomic mass is 10.0. The first kappa shape index (κ1) is 19.6. The number of nitrogens with zero attached hydrogens (tertiary/aromatic N) is 1. The van der Waals surface area contributed by atoms with Gasteiger partial charge in [0.15, 0.2) is 5.78 Å². The molecule has 1 saturated heterocycles. The lowest BCUT2D eigenvalue weighted by Gasteiger charge is -2.29. The Labute approximate surface area is 156 Å². The van der Waals surface area contributed by atoms with E-state index in [0.717, 1.165) is 12.1 Å². The molecule has 27 heavy (non-hydrogen) atoms. The van der Waals surface area contributed by atoms with Crippen molar-refractivity contribution >= 4 is 15.8 Å². The summed E-state index contributed by atoms with van der Waals surface area (Å²) in [6.07, 6.45) is -0.101. The molecule has 0 amide bonds. The highest BCUT2D eigenvalue weighted by atomic mass is 32.2. The normalized spacial score (nSPS) is 16.8. The number of carbonyl (C=O) groups is 1. The van der Waals surface area contributed by atoms with E-state index in [1.165, 1.54) is 40.7 Å². The Morgan fingerprint density at radius 2 is 1.48 bits per heavy atom. The summed E-state index contributed by atoms with van der Waals surface area (Å²) in [7, 11) is -3.97. The molecular formula is C19H19F2NO4S. The maximum atomic E-state index is 13.2. The predicted octanol–water partition coefficient (Wildman–Crippen LogP) is 2.42. The predicted molar refractivity (Wildman–Crippen MR) is 95.9 cm³/mol. The van der Waals surface area contributed by atoms with Gasteiger partial charge in [-0.15, -0.1) is 0 Å². The number of benzene rings is 2. The van der Waals surface area contributed by atoms with Crippen molar-refractivity contribution in [1.82, 2.24) is 4.31 Å². The number of Topliss-reactive ketones (excluding diaryl/α,β-unsaturated/α-hetero) is 1. The van der Waals surface area contributed by atoms with Gasteiger partial charge in [0.25, 0.3) is 0 Å². The van der Waals surface area contributed by atoms with E-state index in [-0.39, 0.29) is 38.3 Å². The number of sulfonamides is 1. The number of ether oxygens (including phenoxy) is 1. The van der Waals surface area contributed by atoms with Crippen molar-refractivity contribution < 1.29 is 26.7 Å². The summed E-state index contributed by atoms with van der Waals surface area (Å²) in [6.45, 7) is 0.846. The number of hydrogen-bond acceptors (Lipinski definition) is 4. The molecule has 5 nitrogen and oxygen atoms in total. The van der Waals surface area contributed by atoms with Gasteiger partial charge in [-0.3, -0.25) is 4.79 Å². The molecule has 0 radical (unpaired) electrons. The van der Waals surface area contributed by atoms with Gasteiger partial charge in [0.05, 0.1) is 13.2 Å².